The second kappa shape index (κ2) is 11.3. The number of fused-ring (bicyclic) bond motifs is 1. The molecule has 3 aromatic carbocycles. The standard InChI is InChI=1S/C24H20ClF4NO5/c1-3-32-22(31)13-34-30-14(2)12-33-18-6-4-15-5-7-19(9-16(15)8-18)35-23-20(25)10-17(11-21(23)26)24(27,28)29/h4-12,30H,3,13H2,1-2H3. The predicted octanol–water partition coefficient (Wildman–Crippen LogP) is 6.77. The summed E-state index contributed by atoms with van der Waals surface area (Å²) in [5.74, 6) is -1.66. The Kier molecular flexibility index (Phi) is 8.42. The number of esters is 1. The molecule has 186 valence electrons. The van der Waals surface area contributed by atoms with E-state index < -0.39 is 34.3 Å². The second-order valence-electron chi connectivity index (χ2n) is 7.15. The molecule has 0 saturated heterocycles. The van der Waals surface area contributed by atoms with Crippen molar-refractivity contribution in [3.63, 3.8) is 0 Å². The molecule has 3 aromatic rings. The highest BCUT2D eigenvalue weighted by atomic mass is 35.5. The fourth-order valence-electron chi connectivity index (χ4n) is 2.87. The normalized spacial score (nSPS) is 11.9. The lowest BCUT2D eigenvalue weighted by Gasteiger charge is -2.13. The van der Waals surface area contributed by atoms with Gasteiger partial charge in [0.05, 0.1) is 22.9 Å². The summed E-state index contributed by atoms with van der Waals surface area (Å²) in [6.45, 7) is 3.31. The van der Waals surface area contributed by atoms with E-state index in [2.05, 4.69) is 5.48 Å². The molecule has 6 nitrogen and oxygen atoms in total. The van der Waals surface area contributed by atoms with Crippen LogP contribution in [-0.4, -0.2) is 19.2 Å². The Morgan fingerprint density at radius 1 is 1.06 bits per heavy atom. The van der Waals surface area contributed by atoms with Crippen LogP contribution < -0.4 is 15.0 Å². The average molecular weight is 514 g/mol. The summed E-state index contributed by atoms with van der Waals surface area (Å²) in [6.07, 6.45) is -3.37. The Labute approximate surface area is 202 Å². The number of benzene rings is 3. The third-order valence-electron chi connectivity index (χ3n) is 4.43. The topological polar surface area (TPSA) is 66.0 Å². The Balaban J connectivity index is 1.71. The summed E-state index contributed by atoms with van der Waals surface area (Å²) in [4.78, 5) is 16.2. The first-order chi connectivity index (χ1) is 16.6. The molecule has 0 aromatic heterocycles. The van der Waals surface area contributed by atoms with Gasteiger partial charge in [-0.05, 0) is 61.0 Å². The van der Waals surface area contributed by atoms with Gasteiger partial charge in [-0.15, -0.1) is 0 Å². The number of alkyl halides is 3. The highest BCUT2D eigenvalue weighted by molar-refractivity contribution is 6.32. The van der Waals surface area contributed by atoms with E-state index in [9.17, 15) is 22.4 Å². The summed E-state index contributed by atoms with van der Waals surface area (Å²) in [6, 6.07) is 10.9. The van der Waals surface area contributed by atoms with Crippen LogP contribution in [0, 0.1) is 5.82 Å². The van der Waals surface area contributed by atoms with Crippen molar-refractivity contribution >= 4 is 28.3 Å². The number of hydrogen-bond acceptors (Lipinski definition) is 6. The number of halogens is 5. The number of nitrogens with one attached hydrogen (secondary N) is 1. The molecule has 0 bridgehead atoms. The molecule has 0 atom stereocenters. The zero-order valence-electron chi connectivity index (χ0n) is 18.5. The molecular weight excluding hydrogens is 494 g/mol. The van der Waals surface area contributed by atoms with Crippen LogP contribution in [0.1, 0.15) is 19.4 Å². The molecule has 0 fully saturated rings. The van der Waals surface area contributed by atoms with E-state index in [0.717, 1.165) is 5.39 Å². The highest BCUT2D eigenvalue weighted by Gasteiger charge is 2.32. The molecule has 0 spiro atoms. The van der Waals surface area contributed by atoms with Crippen molar-refractivity contribution in [2.75, 3.05) is 13.2 Å². The van der Waals surface area contributed by atoms with Crippen LogP contribution >= 0.6 is 11.6 Å². The second-order valence-corrected chi connectivity index (χ2v) is 7.56. The van der Waals surface area contributed by atoms with E-state index in [4.69, 9.17) is 30.6 Å². The van der Waals surface area contributed by atoms with Gasteiger partial charge in [-0.2, -0.15) is 13.2 Å². The summed E-state index contributed by atoms with van der Waals surface area (Å²) in [5, 5.41) is 0.953. The number of ether oxygens (including phenoxy) is 3. The van der Waals surface area contributed by atoms with Crippen molar-refractivity contribution in [2.45, 2.75) is 20.0 Å². The monoisotopic (exact) mass is 513 g/mol. The van der Waals surface area contributed by atoms with Gasteiger partial charge in [0, 0.05) is 0 Å². The number of allylic oxidation sites excluding steroid dienone is 1. The number of carbonyl (C=O) groups is 1. The smallest absolute Gasteiger partial charge is 0.416 e. The first-order valence-corrected chi connectivity index (χ1v) is 10.6. The zero-order valence-corrected chi connectivity index (χ0v) is 19.3. The minimum absolute atomic E-state index is 0.163. The highest BCUT2D eigenvalue weighted by Crippen LogP contribution is 2.39. The Hall–Kier alpha value is -3.50. The van der Waals surface area contributed by atoms with E-state index in [0.29, 0.717) is 29.0 Å². The molecule has 0 saturated carbocycles. The molecule has 0 aliphatic carbocycles. The maximum Gasteiger partial charge on any atom is 0.416 e. The molecule has 0 amide bonds. The van der Waals surface area contributed by atoms with Gasteiger partial charge in [0.25, 0.3) is 0 Å². The van der Waals surface area contributed by atoms with Gasteiger partial charge in [0.2, 0.25) is 0 Å². The fraction of sp³-hybridized carbons (Fsp3) is 0.208. The lowest BCUT2D eigenvalue weighted by molar-refractivity contribution is -0.150. The van der Waals surface area contributed by atoms with E-state index in [1.807, 2.05) is 0 Å². The molecular formula is C24H20ClF4NO5. The molecule has 0 aliphatic heterocycles. The van der Waals surface area contributed by atoms with Crippen LogP contribution in [-0.2, 0) is 20.5 Å². The van der Waals surface area contributed by atoms with E-state index in [1.54, 1.807) is 44.2 Å². The average Bonchev–Trinajstić information content (AvgIpc) is 2.79. The molecule has 0 heterocycles. The van der Waals surface area contributed by atoms with Gasteiger partial charge < -0.3 is 14.2 Å². The van der Waals surface area contributed by atoms with Crippen molar-refractivity contribution in [1.29, 1.82) is 0 Å². The van der Waals surface area contributed by atoms with Crippen molar-refractivity contribution in [2.24, 2.45) is 0 Å². The fourth-order valence-corrected chi connectivity index (χ4v) is 3.12. The van der Waals surface area contributed by atoms with Gasteiger partial charge >= 0.3 is 12.1 Å². The van der Waals surface area contributed by atoms with Gasteiger partial charge in [-0.3, -0.25) is 10.3 Å². The van der Waals surface area contributed by atoms with Crippen LogP contribution in [0.2, 0.25) is 5.02 Å². The van der Waals surface area contributed by atoms with Crippen molar-refractivity contribution < 1.29 is 41.4 Å². The van der Waals surface area contributed by atoms with Crippen LogP contribution in [0.4, 0.5) is 17.6 Å². The van der Waals surface area contributed by atoms with Crippen molar-refractivity contribution in [3.05, 3.63) is 76.9 Å². The maximum absolute atomic E-state index is 14.3. The van der Waals surface area contributed by atoms with Gasteiger partial charge in [0.15, 0.2) is 18.2 Å². The SMILES string of the molecule is CCOC(=O)CONC(C)=COc1ccc2ccc(Oc3c(F)cc(C(F)(F)F)cc3Cl)cc2c1. The van der Waals surface area contributed by atoms with Gasteiger partial charge in [-0.1, -0.05) is 23.7 Å². The van der Waals surface area contributed by atoms with Gasteiger partial charge in [-0.25, -0.2) is 9.18 Å². The third kappa shape index (κ3) is 7.24. The minimum Gasteiger partial charge on any atom is -0.464 e. The first kappa shape index (κ1) is 26.1. The zero-order chi connectivity index (χ0) is 25.6. The van der Waals surface area contributed by atoms with Gasteiger partial charge in [0.1, 0.15) is 17.8 Å². The quantitative estimate of drug-likeness (QED) is 0.147. The molecule has 0 radical (unpaired) electrons. The van der Waals surface area contributed by atoms with Crippen LogP contribution in [0.25, 0.3) is 10.8 Å². The summed E-state index contributed by atoms with van der Waals surface area (Å²) >= 11 is 5.84. The minimum atomic E-state index is -4.74. The largest absolute Gasteiger partial charge is 0.464 e. The Bertz CT molecular complexity index is 1220. The molecule has 3 rings (SSSR count). The molecule has 0 aliphatic rings. The molecule has 0 unspecified atom stereocenters. The lowest BCUT2D eigenvalue weighted by Crippen LogP contribution is -2.20. The van der Waals surface area contributed by atoms with Crippen LogP contribution in [0.3, 0.4) is 0 Å². The molecule has 11 heteroatoms. The summed E-state index contributed by atoms with van der Waals surface area (Å²) < 4.78 is 68.6. The van der Waals surface area contributed by atoms with Crippen molar-refractivity contribution in [3.8, 4) is 17.2 Å². The van der Waals surface area contributed by atoms with Crippen molar-refractivity contribution in [1.82, 2.24) is 5.48 Å². The van der Waals surface area contributed by atoms with Crippen LogP contribution in [0.5, 0.6) is 17.2 Å². The summed E-state index contributed by atoms with van der Waals surface area (Å²) in [7, 11) is 0. The number of rotatable bonds is 9. The Morgan fingerprint density at radius 3 is 2.40 bits per heavy atom. The third-order valence-corrected chi connectivity index (χ3v) is 4.71. The summed E-state index contributed by atoms with van der Waals surface area (Å²) in [5.41, 5.74) is 1.80. The number of hydrogen-bond donors (Lipinski definition) is 1. The van der Waals surface area contributed by atoms with E-state index in [1.165, 1.54) is 12.3 Å². The Morgan fingerprint density at radius 2 is 1.74 bits per heavy atom. The predicted molar refractivity (Wildman–Crippen MR) is 121 cm³/mol. The molecule has 35 heavy (non-hydrogen) atoms. The first-order valence-electron chi connectivity index (χ1n) is 10.2. The van der Waals surface area contributed by atoms with E-state index >= 15 is 0 Å². The number of hydroxylamine groups is 1. The van der Waals surface area contributed by atoms with Crippen LogP contribution in [0.15, 0.2) is 60.5 Å². The molecule has 1 N–H and O–H groups in total. The van der Waals surface area contributed by atoms with E-state index in [-0.39, 0.29) is 19.0 Å². The number of carbonyl (C=O) groups excluding carboxylic acids is 1. The lowest BCUT2D eigenvalue weighted by atomic mass is 10.1. The maximum atomic E-state index is 14.3.